The molecule has 68 heavy (non-hydrogen) atoms. The van der Waals surface area contributed by atoms with Crippen molar-refractivity contribution in [3.8, 4) is 5.75 Å². The van der Waals surface area contributed by atoms with Gasteiger partial charge in [-0.25, -0.2) is 15.0 Å². The second-order valence-electron chi connectivity index (χ2n) is 18.3. The number of nitrogen functional groups attached to an aromatic ring is 1. The number of aliphatic hydroxyl groups is 1. The number of hydrogen-bond donors (Lipinski definition) is 4. The van der Waals surface area contributed by atoms with E-state index in [0.717, 1.165) is 16.7 Å². The standard InChI is InChI=1S/C48H65ClN6O11S2/c1-27-13-12-14-37(63-11)48(61)25-36(64-45(60)51-48)28(2)43-47(7,66-43)38(24-41(58)55(9)34-22-31(21-27)23-35(62-10)42(34)49)65-44(59)30(4)54(8)40(57)19-20-67-68-46(5,6)26-39(56)53-52-29(3)32-15-17-33(50)18-16-32/h12-18,22-23,28,30,36-38,43,61H,19-21,24-26,50H2,1-11H3,(H,51,60)(H,53,56)/b14-12+,27-13+,52-29-/t28-,30+,36+,37-,38+,43+,47?,48+/m1/s1. The first-order valence-corrected chi connectivity index (χ1v) is 25.0. The molecular weight excluding hydrogens is 936 g/mol. The molecule has 2 aromatic rings. The number of nitrogens with one attached hydrogen (secondary N) is 2. The lowest BCUT2D eigenvalue weighted by Gasteiger charge is -2.42. The summed E-state index contributed by atoms with van der Waals surface area (Å²) >= 11 is 6.81. The number of methoxy groups -OCH3 is 2. The summed E-state index contributed by atoms with van der Waals surface area (Å²) in [6.45, 7) is 12.6. The molecule has 0 aliphatic carbocycles. The highest BCUT2D eigenvalue weighted by molar-refractivity contribution is 8.77. The Balaban J connectivity index is 1.29. The molecule has 0 saturated carbocycles. The molecule has 3 aliphatic heterocycles. The Hall–Kier alpha value is -4.79. The van der Waals surface area contributed by atoms with Gasteiger partial charge in [0.1, 0.15) is 40.7 Å². The summed E-state index contributed by atoms with van der Waals surface area (Å²) in [5.74, 6) is -1.63. The zero-order chi connectivity index (χ0) is 50.3. The average molecular weight is 1000 g/mol. The lowest BCUT2D eigenvalue weighted by molar-refractivity contribution is -0.162. The number of alkyl carbamates (subject to hydrolysis) is 1. The number of benzene rings is 2. The Morgan fingerprint density at radius 2 is 1.88 bits per heavy atom. The molecule has 5 rings (SSSR count). The normalized spacial score (nSPS) is 27.3. The lowest BCUT2D eigenvalue weighted by Crippen LogP contribution is -2.63. The highest BCUT2D eigenvalue weighted by atomic mass is 35.5. The molecule has 0 radical (unpaired) electrons. The monoisotopic (exact) mass is 1000 g/mol. The van der Waals surface area contributed by atoms with Crippen molar-refractivity contribution in [2.45, 2.75) is 127 Å². The van der Waals surface area contributed by atoms with Gasteiger partial charge in [-0.1, -0.05) is 76.0 Å². The second kappa shape index (κ2) is 22.8. The zero-order valence-corrected chi connectivity index (χ0v) is 42.9. The summed E-state index contributed by atoms with van der Waals surface area (Å²) in [6.07, 6.45) is 0.906. The fourth-order valence-corrected chi connectivity index (χ4v) is 10.9. The van der Waals surface area contributed by atoms with E-state index >= 15 is 0 Å². The van der Waals surface area contributed by atoms with Gasteiger partial charge in [-0.2, -0.15) is 5.10 Å². The number of halogens is 1. The first-order valence-electron chi connectivity index (χ1n) is 22.3. The van der Waals surface area contributed by atoms with Gasteiger partial charge in [-0.15, -0.1) is 0 Å². The van der Waals surface area contributed by atoms with Crippen molar-refractivity contribution in [3.05, 3.63) is 76.3 Å². The predicted molar refractivity (Wildman–Crippen MR) is 266 cm³/mol. The number of hydrogen-bond acceptors (Lipinski definition) is 15. The molecule has 0 aromatic heterocycles. The number of carbonyl (C=O) groups excluding carboxylic acids is 5. The molecule has 5 N–H and O–H groups in total. The number of epoxide rings is 1. The molecule has 4 amide bonds. The maximum atomic E-state index is 14.3. The number of anilines is 2. The minimum Gasteiger partial charge on any atom is -0.495 e. The van der Waals surface area contributed by atoms with Crippen LogP contribution in [0.25, 0.3) is 0 Å². The zero-order valence-electron chi connectivity index (χ0n) is 40.5. The molecule has 2 fully saturated rings. The van der Waals surface area contributed by atoms with Crippen molar-refractivity contribution in [1.82, 2.24) is 15.6 Å². The number of nitrogens with zero attached hydrogens (tertiary/aromatic N) is 3. The number of amides is 4. The summed E-state index contributed by atoms with van der Waals surface area (Å²) < 4.78 is 29.0. The number of likely N-dealkylation sites (N-methyl/N-ethyl adjacent to an activating group) is 1. The van der Waals surface area contributed by atoms with Crippen LogP contribution < -0.4 is 26.1 Å². The Bertz CT molecular complexity index is 2300. The van der Waals surface area contributed by atoms with Gasteiger partial charge < -0.3 is 44.3 Å². The largest absolute Gasteiger partial charge is 0.495 e. The van der Waals surface area contributed by atoms with Crippen LogP contribution in [0.15, 0.2) is 65.3 Å². The van der Waals surface area contributed by atoms with Gasteiger partial charge in [0.05, 0.1) is 31.0 Å². The number of hydrazone groups is 1. The number of carbonyl (C=O) groups is 5. The number of fused-ring (bicyclic) bond motifs is 5. The van der Waals surface area contributed by atoms with E-state index in [2.05, 4.69) is 15.8 Å². The molecule has 2 saturated heterocycles. The molecule has 2 aromatic carbocycles. The number of esters is 1. The van der Waals surface area contributed by atoms with Crippen LogP contribution in [0.3, 0.4) is 0 Å². The number of rotatable bonds is 14. The molecule has 372 valence electrons. The van der Waals surface area contributed by atoms with Crippen molar-refractivity contribution in [2.75, 3.05) is 44.7 Å². The van der Waals surface area contributed by atoms with Crippen molar-refractivity contribution < 1.29 is 52.8 Å². The van der Waals surface area contributed by atoms with Crippen LogP contribution in [-0.2, 0) is 44.5 Å². The highest BCUT2D eigenvalue weighted by Crippen LogP contribution is 2.49. The number of allylic oxidation sites excluding steroid dienone is 3. The highest BCUT2D eigenvalue weighted by Gasteiger charge is 2.64. The quantitative estimate of drug-likeness (QED) is 0.0299. The maximum absolute atomic E-state index is 14.3. The first-order chi connectivity index (χ1) is 31.9. The summed E-state index contributed by atoms with van der Waals surface area (Å²) in [5.41, 5.74) is 9.42. The van der Waals surface area contributed by atoms with Gasteiger partial charge in [-0.05, 0) is 83.4 Å². The molecule has 8 atom stereocenters. The number of nitrogens with two attached hydrogens (primary N) is 1. The first kappa shape index (κ1) is 54.2. The summed E-state index contributed by atoms with van der Waals surface area (Å²) in [4.78, 5) is 70.3. The van der Waals surface area contributed by atoms with Gasteiger partial charge in [0.15, 0.2) is 5.72 Å². The average Bonchev–Trinajstić information content (AvgIpc) is 3.98. The van der Waals surface area contributed by atoms with E-state index in [-0.39, 0.29) is 42.5 Å². The number of ether oxygens (including phenoxy) is 5. The smallest absolute Gasteiger partial charge is 0.409 e. The molecule has 3 heterocycles. The van der Waals surface area contributed by atoms with E-state index in [1.54, 1.807) is 71.2 Å². The third-order valence-electron chi connectivity index (χ3n) is 12.5. The molecule has 0 spiro atoms. The maximum Gasteiger partial charge on any atom is 0.409 e. The predicted octanol–water partition coefficient (Wildman–Crippen LogP) is 6.58. The van der Waals surface area contributed by atoms with Gasteiger partial charge in [-0.3, -0.25) is 19.7 Å². The second-order valence-corrected chi connectivity index (χ2v) is 21.9. The Morgan fingerprint density at radius 3 is 2.54 bits per heavy atom. The van der Waals surface area contributed by atoms with Crippen LogP contribution >= 0.6 is 33.2 Å². The van der Waals surface area contributed by atoms with Crippen LogP contribution in [0, 0.1) is 5.92 Å². The summed E-state index contributed by atoms with van der Waals surface area (Å²) in [5, 5.41) is 18.8. The van der Waals surface area contributed by atoms with Crippen LogP contribution in [0.2, 0.25) is 5.02 Å². The van der Waals surface area contributed by atoms with E-state index in [1.165, 1.54) is 52.7 Å². The van der Waals surface area contributed by atoms with E-state index in [9.17, 15) is 29.1 Å². The molecular formula is C48H65ClN6O11S2. The third-order valence-corrected chi connectivity index (χ3v) is 16.1. The van der Waals surface area contributed by atoms with Gasteiger partial charge in [0.25, 0.3) is 0 Å². The topological polar surface area (TPSA) is 224 Å². The Morgan fingerprint density at radius 1 is 1.19 bits per heavy atom. The third kappa shape index (κ3) is 13.5. The van der Waals surface area contributed by atoms with Crippen LogP contribution in [0.1, 0.15) is 85.3 Å². The summed E-state index contributed by atoms with van der Waals surface area (Å²) in [6, 6.07) is 9.68. The Kier molecular flexibility index (Phi) is 18.1. The Labute approximate surface area is 411 Å². The van der Waals surface area contributed by atoms with Gasteiger partial charge in [0.2, 0.25) is 17.7 Å². The molecule has 4 bridgehead atoms. The fraction of sp³-hybridized carbons (Fsp3) is 0.542. The summed E-state index contributed by atoms with van der Waals surface area (Å²) in [7, 11) is 8.88. The fourth-order valence-electron chi connectivity index (χ4n) is 8.12. The van der Waals surface area contributed by atoms with Crippen molar-refractivity contribution in [3.63, 3.8) is 0 Å². The minimum absolute atomic E-state index is 0.0774. The van der Waals surface area contributed by atoms with Crippen LogP contribution in [0.5, 0.6) is 5.75 Å². The molecule has 3 aliphatic rings. The van der Waals surface area contributed by atoms with E-state index < -0.39 is 70.4 Å². The van der Waals surface area contributed by atoms with E-state index in [4.69, 9.17) is 41.0 Å². The molecule has 1 unspecified atom stereocenters. The van der Waals surface area contributed by atoms with Crippen molar-refractivity contribution in [1.29, 1.82) is 0 Å². The van der Waals surface area contributed by atoms with E-state index in [0.29, 0.717) is 35.0 Å². The van der Waals surface area contributed by atoms with Crippen LogP contribution in [-0.4, -0.2) is 126 Å². The SMILES string of the molecule is COc1cc2cc(c1Cl)N(C)C(=O)C[C@H](OC(=O)[C@H](C)N(C)C(=O)CCSSC(C)(C)CC(=O)N/N=C(/C)c1ccc(N)cc1)C1(C)O[C@H]1[C@H](C)[C@@H]1C[C@@](O)(NC(=O)O1)[C@H](OC)/C=C/C=C(\C)C2. The molecule has 20 heteroatoms. The van der Waals surface area contributed by atoms with E-state index in [1.807, 2.05) is 39.0 Å². The van der Waals surface area contributed by atoms with Gasteiger partial charge >= 0.3 is 12.1 Å². The molecule has 17 nitrogen and oxygen atoms in total. The van der Waals surface area contributed by atoms with Crippen molar-refractivity contribution >= 4 is 80.1 Å². The van der Waals surface area contributed by atoms with Gasteiger partial charge in [0, 0.05) is 62.6 Å². The van der Waals surface area contributed by atoms with Crippen molar-refractivity contribution in [2.24, 2.45) is 11.0 Å². The van der Waals surface area contributed by atoms with Crippen LogP contribution in [0.4, 0.5) is 16.2 Å². The minimum atomic E-state index is -1.86. The lowest BCUT2D eigenvalue weighted by atomic mass is 9.83.